The van der Waals surface area contributed by atoms with Crippen molar-refractivity contribution in [2.24, 2.45) is 5.92 Å². The number of aromatic nitrogens is 2. The molecule has 3 heterocycles. The van der Waals surface area contributed by atoms with Crippen molar-refractivity contribution < 1.29 is 14.3 Å². The number of likely N-dealkylation sites (N-methyl/N-ethyl adjacent to an activating group) is 1. The summed E-state index contributed by atoms with van der Waals surface area (Å²) in [6.07, 6.45) is 1.21. The Morgan fingerprint density at radius 1 is 1.11 bits per heavy atom. The average molecular weight is 383 g/mol. The summed E-state index contributed by atoms with van der Waals surface area (Å²) in [5.74, 6) is 1.08. The van der Waals surface area contributed by atoms with E-state index in [1.807, 2.05) is 36.2 Å². The lowest BCUT2D eigenvalue weighted by Crippen LogP contribution is -2.50. The standard InChI is InChI=1S/C20H25N5O3/c1-3-28-20(27)24-10-6-7-14(13-24)19(26)25-12-11-23(2)17-18(25)22-16-9-5-4-8-15(16)21-17/h4-5,8-9,14H,3,6-7,10-13H2,1-2H3/t14-/m0/s1. The lowest BCUT2D eigenvalue weighted by Gasteiger charge is -2.38. The van der Waals surface area contributed by atoms with Crippen LogP contribution in [0.2, 0.25) is 0 Å². The fourth-order valence-electron chi connectivity index (χ4n) is 3.87. The number of rotatable bonds is 2. The van der Waals surface area contributed by atoms with E-state index in [-0.39, 0.29) is 17.9 Å². The van der Waals surface area contributed by atoms with Crippen LogP contribution >= 0.6 is 0 Å². The van der Waals surface area contributed by atoms with Crippen LogP contribution in [0.15, 0.2) is 24.3 Å². The molecule has 8 heteroatoms. The van der Waals surface area contributed by atoms with Crippen LogP contribution in [-0.2, 0) is 9.53 Å². The molecule has 1 atom stereocenters. The van der Waals surface area contributed by atoms with Crippen LogP contribution in [0.5, 0.6) is 0 Å². The number of anilines is 2. The van der Waals surface area contributed by atoms with E-state index in [0.29, 0.717) is 38.6 Å². The third-order valence-electron chi connectivity index (χ3n) is 5.37. The average Bonchev–Trinajstić information content (AvgIpc) is 2.73. The predicted molar refractivity (Wildman–Crippen MR) is 106 cm³/mol. The van der Waals surface area contributed by atoms with Crippen LogP contribution < -0.4 is 9.80 Å². The monoisotopic (exact) mass is 383 g/mol. The van der Waals surface area contributed by atoms with Crippen molar-refractivity contribution in [1.82, 2.24) is 14.9 Å². The summed E-state index contributed by atoms with van der Waals surface area (Å²) in [6, 6.07) is 7.68. The molecule has 4 rings (SSSR count). The number of benzene rings is 1. The second-order valence-electron chi connectivity index (χ2n) is 7.26. The zero-order valence-electron chi connectivity index (χ0n) is 16.3. The quantitative estimate of drug-likeness (QED) is 0.792. The lowest BCUT2D eigenvalue weighted by atomic mass is 9.96. The second kappa shape index (κ2) is 7.61. The van der Waals surface area contributed by atoms with Gasteiger partial charge in [0, 0.05) is 33.2 Å². The van der Waals surface area contributed by atoms with E-state index in [1.165, 1.54) is 0 Å². The summed E-state index contributed by atoms with van der Waals surface area (Å²) in [5, 5.41) is 0. The van der Waals surface area contributed by atoms with Crippen LogP contribution in [-0.4, -0.2) is 66.7 Å². The molecule has 0 bridgehead atoms. The molecule has 1 aromatic carbocycles. The molecular formula is C20H25N5O3. The van der Waals surface area contributed by atoms with Crippen molar-refractivity contribution in [2.45, 2.75) is 19.8 Å². The Balaban J connectivity index is 1.61. The number of carbonyl (C=O) groups is 2. The highest BCUT2D eigenvalue weighted by Gasteiger charge is 2.36. The summed E-state index contributed by atoms with van der Waals surface area (Å²) in [5.41, 5.74) is 1.58. The molecule has 0 spiro atoms. The minimum absolute atomic E-state index is 0.00734. The number of carbonyl (C=O) groups excluding carboxylic acids is 2. The van der Waals surface area contributed by atoms with E-state index < -0.39 is 0 Å². The van der Waals surface area contributed by atoms with E-state index in [9.17, 15) is 9.59 Å². The van der Waals surface area contributed by atoms with Gasteiger partial charge in [0.1, 0.15) is 0 Å². The summed E-state index contributed by atoms with van der Waals surface area (Å²) >= 11 is 0. The molecule has 0 radical (unpaired) electrons. The highest BCUT2D eigenvalue weighted by atomic mass is 16.6. The summed E-state index contributed by atoms with van der Waals surface area (Å²) in [7, 11) is 1.97. The zero-order chi connectivity index (χ0) is 19.7. The molecule has 0 saturated carbocycles. The molecule has 28 heavy (non-hydrogen) atoms. The Bertz CT molecular complexity index is 903. The largest absolute Gasteiger partial charge is 0.450 e. The number of fused-ring (bicyclic) bond motifs is 2. The van der Waals surface area contributed by atoms with E-state index >= 15 is 0 Å². The van der Waals surface area contributed by atoms with Gasteiger partial charge in [-0.05, 0) is 31.9 Å². The van der Waals surface area contributed by atoms with Gasteiger partial charge in [0.2, 0.25) is 5.91 Å². The number of nitrogens with zero attached hydrogens (tertiary/aromatic N) is 5. The molecular weight excluding hydrogens is 358 g/mol. The van der Waals surface area contributed by atoms with Crippen LogP contribution in [0.4, 0.5) is 16.4 Å². The van der Waals surface area contributed by atoms with Crippen LogP contribution in [0.25, 0.3) is 11.0 Å². The van der Waals surface area contributed by atoms with Gasteiger partial charge < -0.3 is 14.5 Å². The maximum absolute atomic E-state index is 13.3. The van der Waals surface area contributed by atoms with Gasteiger partial charge in [-0.15, -0.1) is 0 Å². The number of amides is 2. The topological polar surface area (TPSA) is 78.9 Å². The predicted octanol–water partition coefficient (Wildman–Crippen LogP) is 2.28. The van der Waals surface area contributed by atoms with E-state index in [0.717, 1.165) is 29.7 Å². The van der Waals surface area contributed by atoms with Crippen LogP contribution in [0.3, 0.4) is 0 Å². The van der Waals surface area contributed by atoms with Gasteiger partial charge in [-0.2, -0.15) is 0 Å². The Morgan fingerprint density at radius 3 is 2.54 bits per heavy atom. The fraction of sp³-hybridized carbons (Fsp3) is 0.500. The third kappa shape index (κ3) is 3.34. The normalized spacial score (nSPS) is 19.5. The van der Waals surface area contributed by atoms with Crippen molar-refractivity contribution in [3.05, 3.63) is 24.3 Å². The first-order valence-corrected chi connectivity index (χ1v) is 9.79. The highest BCUT2D eigenvalue weighted by molar-refractivity contribution is 5.99. The van der Waals surface area contributed by atoms with Gasteiger partial charge in [-0.3, -0.25) is 9.69 Å². The Labute approximate surface area is 164 Å². The first-order valence-electron chi connectivity index (χ1n) is 9.79. The number of para-hydroxylation sites is 2. The van der Waals surface area contributed by atoms with Crippen molar-refractivity contribution in [3.8, 4) is 0 Å². The van der Waals surface area contributed by atoms with Gasteiger partial charge in [-0.25, -0.2) is 14.8 Å². The molecule has 1 saturated heterocycles. The maximum Gasteiger partial charge on any atom is 0.409 e. The second-order valence-corrected chi connectivity index (χ2v) is 7.26. The molecule has 8 nitrogen and oxygen atoms in total. The minimum Gasteiger partial charge on any atom is -0.450 e. The van der Waals surface area contributed by atoms with Crippen LogP contribution in [0, 0.1) is 5.92 Å². The number of hydrogen-bond donors (Lipinski definition) is 0. The minimum atomic E-state index is -0.343. The smallest absolute Gasteiger partial charge is 0.409 e. The number of likely N-dealkylation sites (tertiary alicyclic amines) is 1. The number of piperidine rings is 1. The van der Waals surface area contributed by atoms with Crippen molar-refractivity contribution in [3.63, 3.8) is 0 Å². The van der Waals surface area contributed by atoms with E-state index in [4.69, 9.17) is 14.7 Å². The van der Waals surface area contributed by atoms with Gasteiger partial charge >= 0.3 is 6.09 Å². The van der Waals surface area contributed by atoms with E-state index in [2.05, 4.69) is 0 Å². The summed E-state index contributed by atoms with van der Waals surface area (Å²) < 4.78 is 5.11. The Kier molecular flexibility index (Phi) is 5.02. The molecule has 2 amide bonds. The third-order valence-corrected chi connectivity index (χ3v) is 5.37. The van der Waals surface area contributed by atoms with Crippen LogP contribution in [0.1, 0.15) is 19.8 Å². The maximum atomic E-state index is 13.3. The molecule has 2 aliphatic heterocycles. The van der Waals surface area contributed by atoms with Crippen molar-refractivity contribution in [2.75, 3.05) is 49.6 Å². The van der Waals surface area contributed by atoms with Gasteiger partial charge in [0.25, 0.3) is 0 Å². The first kappa shape index (κ1) is 18.5. The number of ether oxygens (including phenoxy) is 1. The Morgan fingerprint density at radius 2 is 1.82 bits per heavy atom. The molecule has 2 aliphatic rings. The zero-order valence-corrected chi connectivity index (χ0v) is 16.3. The molecule has 1 aromatic heterocycles. The molecule has 148 valence electrons. The molecule has 1 fully saturated rings. The lowest BCUT2D eigenvalue weighted by molar-refractivity contribution is -0.123. The van der Waals surface area contributed by atoms with Crippen molar-refractivity contribution >= 4 is 34.7 Å². The molecule has 0 aliphatic carbocycles. The van der Waals surface area contributed by atoms with E-state index in [1.54, 1.807) is 16.7 Å². The fourth-order valence-corrected chi connectivity index (χ4v) is 3.87. The van der Waals surface area contributed by atoms with Gasteiger partial charge in [0.05, 0.1) is 23.6 Å². The molecule has 0 unspecified atom stereocenters. The summed E-state index contributed by atoms with van der Waals surface area (Å²) in [6.45, 7) is 4.40. The Hall–Kier alpha value is -2.90. The van der Waals surface area contributed by atoms with Crippen molar-refractivity contribution in [1.29, 1.82) is 0 Å². The van der Waals surface area contributed by atoms with Gasteiger partial charge in [0.15, 0.2) is 11.6 Å². The molecule has 0 N–H and O–H groups in total. The summed E-state index contributed by atoms with van der Waals surface area (Å²) in [4.78, 5) is 40.3. The molecule has 2 aromatic rings. The SMILES string of the molecule is CCOC(=O)N1CCC[C@H](C(=O)N2CCN(C)c3nc4ccccc4nc32)C1. The number of hydrogen-bond acceptors (Lipinski definition) is 6. The first-order chi connectivity index (χ1) is 13.6. The van der Waals surface area contributed by atoms with Gasteiger partial charge in [-0.1, -0.05) is 12.1 Å². The highest BCUT2D eigenvalue weighted by Crippen LogP contribution is 2.32.